The number of carbonyl (C=O) groups is 1. The molecule has 2 rings (SSSR count). The number of urea groups is 1. The van der Waals surface area contributed by atoms with Gasteiger partial charge in [-0.25, -0.2) is 4.79 Å². The molecule has 0 unspecified atom stereocenters. The number of rotatable bonds is 7. The number of carbonyl (C=O) groups excluding carboxylic acids is 1. The summed E-state index contributed by atoms with van der Waals surface area (Å²) in [6.45, 7) is 0.433. The lowest BCUT2D eigenvalue weighted by Gasteiger charge is -2.23. The van der Waals surface area contributed by atoms with E-state index in [9.17, 15) is 4.79 Å². The van der Waals surface area contributed by atoms with Gasteiger partial charge in [-0.1, -0.05) is 11.6 Å². The van der Waals surface area contributed by atoms with Gasteiger partial charge in [-0.3, -0.25) is 0 Å². The van der Waals surface area contributed by atoms with Crippen molar-refractivity contribution in [3.8, 4) is 5.69 Å². The van der Waals surface area contributed by atoms with Crippen molar-refractivity contribution in [3.05, 3.63) is 47.7 Å². The number of aliphatic hydroxyl groups is 2. The van der Waals surface area contributed by atoms with E-state index in [0.717, 1.165) is 5.69 Å². The minimum absolute atomic E-state index is 0.00916. The molecule has 0 spiro atoms. The number of nitrogens with one attached hydrogen (secondary N) is 1. The first-order valence-corrected chi connectivity index (χ1v) is 7.74. The third kappa shape index (κ3) is 4.72. The summed E-state index contributed by atoms with van der Waals surface area (Å²) in [4.78, 5) is 13.9. The number of aliphatic hydroxyl groups excluding tert-OH is 2. The summed E-state index contributed by atoms with van der Waals surface area (Å²) in [5.74, 6) is 0. The van der Waals surface area contributed by atoms with E-state index >= 15 is 0 Å². The fourth-order valence-electron chi connectivity index (χ4n) is 2.21. The van der Waals surface area contributed by atoms with Crippen molar-refractivity contribution in [1.29, 1.82) is 0 Å². The molecule has 6 nitrogen and oxygen atoms in total. The molecule has 0 fully saturated rings. The predicted octanol–water partition coefficient (Wildman–Crippen LogP) is 2.34. The van der Waals surface area contributed by atoms with Crippen LogP contribution in [0.5, 0.6) is 0 Å². The maximum atomic E-state index is 12.4. The van der Waals surface area contributed by atoms with Gasteiger partial charge in [0.05, 0.1) is 18.0 Å². The highest BCUT2D eigenvalue weighted by Gasteiger charge is 2.15. The minimum Gasteiger partial charge on any atom is -0.396 e. The number of nitrogens with zero attached hydrogens (tertiary/aromatic N) is 2. The van der Waals surface area contributed by atoms with E-state index in [0.29, 0.717) is 23.7 Å². The Hall–Kier alpha value is -2.02. The Kier molecular flexibility index (Phi) is 6.46. The van der Waals surface area contributed by atoms with Crippen LogP contribution < -0.4 is 5.32 Å². The molecule has 0 bridgehead atoms. The van der Waals surface area contributed by atoms with Crippen LogP contribution in [0.1, 0.15) is 6.42 Å². The zero-order valence-corrected chi connectivity index (χ0v) is 13.4. The van der Waals surface area contributed by atoms with Crippen molar-refractivity contribution in [2.75, 3.05) is 31.6 Å². The lowest BCUT2D eigenvalue weighted by molar-refractivity contribution is 0.180. The zero-order chi connectivity index (χ0) is 16.7. The summed E-state index contributed by atoms with van der Waals surface area (Å²) in [5.41, 5.74) is 1.37. The van der Waals surface area contributed by atoms with Crippen molar-refractivity contribution in [3.63, 3.8) is 0 Å². The summed E-state index contributed by atoms with van der Waals surface area (Å²) < 4.78 is 1.85. The van der Waals surface area contributed by atoms with Gasteiger partial charge in [0, 0.05) is 37.1 Å². The highest BCUT2D eigenvalue weighted by Crippen LogP contribution is 2.25. The molecule has 1 aromatic heterocycles. The minimum atomic E-state index is -0.330. The molecule has 2 amide bonds. The summed E-state index contributed by atoms with van der Waals surface area (Å²) in [6.07, 6.45) is 4.18. The SMILES string of the molecule is O=C(Nc1ccc(Cl)cc1-n1cccc1)N(CCO)CCCO. The molecular weight excluding hydrogens is 318 g/mol. The van der Waals surface area contributed by atoms with Gasteiger partial charge in [-0.2, -0.15) is 0 Å². The smallest absolute Gasteiger partial charge is 0.321 e. The Morgan fingerprint density at radius 1 is 1.17 bits per heavy atom. The van der Waals surface area contributed by atoms with Crippen LogP contribution in [0.4, 0.5) is 10.5 Å². The number of hydrogen-bond acceptors (Lipinski definition) is 3. The van der Waals surface area contributed by atoms with Crippen LogP contribution in [-0.2, 0) is 0 Å². The Morgan fingerprint density at radius 3 is 2.57 bits per heavy atom. The van der Waals surface area contributed by atoms with Crippen LogP contribution in [0.15, 0.2) is 42.7 Å². The first kappa shape index (κ1) is 17.3. The second kappa shape index (κ2) is 8.57. The highest BCUT2D eigenvalue weighted by atomic mass is 35.5. The number of aromatic nitrogens is 1. The largest absolute Gasteiger partial charge is 0.396 e. The molecule has 0 atom stereocenters. The number of halogens is 1. The number of amides is 2. The van der Waals surface area contributed by atoms with Gasteiger partial charge < -0.3 is 25.0 Å². The van der Waals surface area contributed by atoms with Crippen molar-refractivity contribution >= 4 is 23.3 Å². The third-order valence-corrected chi connectivity index (χ3v) is 3.56. The molecule has 3 N–H and O–H groups in total. The summed E-state index contributed by atoms with van der Waals surface area (Å²) in [5, 5.41) is 21.4. The van der Waals surface area contributed by atoms with Gasteiger partial charge in [-0.15, -0.1) is 0 Å². The fourth-order valence-corrected chi connectivity index (χ4v) is 2.38. The summed E-state index contributed by atoms with van der Waals surface area (Å²) in [6, 6.07) is 8.63. The molecule has 0 saturated heterocycles. The van der Waals surface area contributed by atoms with Gasteiger partial charge in [-0.05, 0) is 36.8 Å². The molecule has 124 valence electrons. The van der Waals surface area contributed by atoms with Gasteiger partial charge in [0.25, 0.3) is 0 Å². The third-order valence-electron chi connectivity index (χ3n) is 3.33. The van der Waals surface area contributed by atoms with E-state index < -0.39 is 0 Å². The molecule has 0 saturated carbocycles. The van der Waals surface area contributed by atoms with Crippen molar-refractivity contribution in [1.82, 2.24) is 9.47 Å². The van der Waals surface area contributed by atoms with Crippen LogP contribution in [0.25, 0.3) is 5.69 Å². The fraction of sp³-hybridized carbons (Fsp3) is 0.312. The second-order valence-electron chi connectivity index (χ2n) is 4.97. The molecule has 0 radical (unpaired) electrons. The molecule has 0 aliphatic rings. The first-order valence-electron chi connectivity index (χ1n) is 7.36. The molecule has 2 aromatic rings. The summed E-state index contributed by atoms with van der Waals surface area (Å²) >= 11 is 6.05. The van der Waals surface area contributed by atoms with Crippen LogP contribution in [0, 0.1) is 0 Å². The topological polar surface area (TPSA) is 77.7 Å². The van der Waals surface area contributed by atoms with Crippen LogP contribution >= 0.6 is 11.6 Å². The standard InChI is InChI=1S/C16H20ClN3O3/c17-13-4-5-14(15(12-13)19-6-1-2-7-19)18-16(23)20(9-11-22)8-3-10-21/h1-2,4-7,12,21-22H,3,8-11H2,(H,18,23). The Morgan fingerprint density at radius 2 is 1.91 bits per heavy atom. The van der Waals surface area contributed by atoms with Crippen LogP contribution in [-0.4, -0.2) is 52.0 Å². The molecule has 0 aliphatic carbocycles. The van der Waals surface area contributed by atoms with E-state index in [-0.39, 0.29) is 25.8 Å². The molecule has 7 heteroatoms. The van der Waals surface area contributed by atoms with Gasteiger partial charge in [0.15, 0.2) is 0 Å². The number of benzene rings is 1. The number of anilines is 1. The van der Waals surface area contributed by atoms with Crippen molar-refractivity contribution in [2.45, 2.75) is 6.42 Å². The predicted molar refractivity (Wildman–Crippen MR) is 90.2 cm³/mol. The monoisotopic (exact) mass is 337 g/mol. The van der Waals surface area contributed by atoms with E-state index in [2.05, 4.69) is 5.32 Å². The molecular formula is C16H20ClN3O3. The van der Waals surface area contributed by atoms with E-state index in [1.54, 1.807) is 18.2 Å². The van der Waals surface area contributed by atoms with Crippen LogP contribution in [0.3, 0.4) is 0 Å². The van der Waals surface area contributed by atoms with Gasteiger partial charge in [0.2, 0.25) is 0 Å². The molecule has 1 heterocycles. The van der Waals surface area contributed by atoms with E-state index in [1.807, 2.05) is 29.1 Å². The normalized spacial score (nSPS) is 10.6. The Bertz CT molecular complexity index is 632. The first-order chi connectivity index (χ1) is 11.2. The van der Waals surface area contributed by atoms with Crippen LogP contribution in [0.2, 0.25) is 5.02 Å². The van der Waals surface area contributed by atoms with Gasteiger partial charge in [0.1, 0.15) is 0 Å². The Balaban J connectivity index is 2.20. The zero-order valence-electron chi connectivity index (χ0n) is 12.7. The summed E-state index contributed by atoms with van der Waals surface area (Å²) in [7, 11) is 0. The Labute approximate surface area is 139 Å². The average molecular weight is 338 g/mol. The molecule has 0 aliphatic heterocycles. The quantitative estimate of drug-likeness (QED) is 0.725. The molecule has 23 heavy (non-hydrogen) atoms. The maximum Gasteiger partial charge on any atom is 0.321 e. The second-order valence-corrected chi connectivity index (χ2v) is 5.41. The van der Waals surface area contributed by atoms with Gasteiger partial charge >= 0.3 is 6.03 Å². The molecule has 1 aromatic carbocycles. The average Bonchev–Trinajstić information content (AvgIpc) is 3.07. The lowest BCUT2D eigenvalue weighted by atomic mass is 10.2. The van der Waals surface area contributed by atoms with Crippen molar-refractivity contribution < 1.29 is 15.0 Å². The number of hydrogen-bond donors (Lipinski definition) is 3. The lowest BCUT2D eigenvalue weighted by Crippen LogP contribution is -2.38. The van der Waals surface area contributed by atoms with Crippen molar-refractivity contribution in [2.24, 2.45) is 0 Å². The van der Waals surface area contributed by atoms with E-state index in [1.165, 1.54) is 4.90 Å². The van der Waals surface area contributed by atoms with E-state index in [4.69, 9.17) is 21.8 Å². The maximum absolute atomic E-state index is 12.4. The highest BCUT2D eigenvalue weighted by molar-refractivity contribution is 6.30.